The zero-order chi connectivity index (χ0) is 20.4. The van der Waals surface area contributed by atoms with Gasteiger partial charge in [-0.15, -0.1) is 0 Å². The van der Waals surface area contributed by atoms with Gasteiger partial charge in [0.1, 0.15) is 17.6 Å². The molecule has 3 N–H and O–H groups in total. The van der Waals surface area contributed by atoms with E-state index in [1.165, 1.54) is 12.3 Å². The summed E-state index contributed by atoms with van der Waals surface area (Å²) in [4.78, 5) is 21.1. The fraction of sp³-hybridized carbons (Fsp3) is 0.143. The smallest absolute Gasteiger partial charge is 0.275 e. The minimum atomic E-state index is -1.03. The SMILES string of the molecule is Cc1cc2nc(NC(=O)c3ccc([C@@H](O)CO)cn3)cc(-c3ccccc3)n2n1. The van der Waals surface area contributed by atoms with Crippen molar-refractivity contribution >= 4 is 17.4 Å². The first-order valence-electron chi connectivity index (χ1n) is 9.04. The number of benzene rings is 1. The quantitative estimate of drug-likeness (QED) is 0.483. The second-order valence-electron chi connectivity index (χ2n) is 6.58. The number of anilines is 1. The number of hydrogen-bond acceptors (Lipinski definition) is 6. The van der Waals surface area contributed by atoms with Crippen molar-refractivity contribution < 1.29 is 15.0 Å². The van der Waals surface area contributed by atoms with E-state index in [2.05, 4.69) is 20.4 Å². The number of carbonyl (C=O) groups excluding carboxylic acids is 1. The van der Waals surface area contributed by atoms with Crippen LogP contribution in [-0.4, -0.2) is 42.3 Å². The number of aromatic nitrogens is 4. The van der Waals surface area contributed by atoms with Gasteiger partial charge >= 0.3 is 0 Å². The van der Waals surface area contributed by atoms with Crippen LogP contribution in [0.15, 0.2) is 60.8 Å². The molecule has 8 nitrogen and oxygen atoms in total. The standard InChI is InChI=1S/C21H19N5O3/c1-13-9-20-23-19(10-17(26(20)25-13)14-5-3-2-4-6-14)24-21(29)16-8-7-15(11-22-16)18(28)12-27/h2-11,18,27-28H,12H2,1H3,(H,23,24,29)/t18-/m0/s1. The highest BCUT2D eigenvalue weighted by atomic mass is 16.3. The van der Waals surface area contributed by atoms with Crippen molar-refractivity contribution in [3.8, 4) is 11.3 Å². The highest BCUT2D eigenvalue weighted by molar-refractivity contribution is 6.02. The highest BCUT2D eigenvalue weighted by Gasteiger charge is 2.14. The minimum absolute atomic E-state index is 0.173. The van der Waals surface area contributed by atoms with E-state index in [4.69, 9.17) is 5.11 Å². The molecule has 0 unspecified atom stereocenters. The van der Waals surface area contributed by atoms with Crippen LogP contribution in [-0.2, 0) is 0 Å². The van der Waals surface area contributed by atoms with Gasteiger partial charge in [-0.25, -0.2) is 9.50 Å². The van der Waals surface area contributed by atoms with Gasteiger partial charge in [0.25, 0.3) is 5.91 Å². The van der Waals surface area contributed by atoms with Gasteiger partial charge in [-0.1, -0.05) is 36.4 Å². The molecule has 4 rings (SSSR count). The van der Waals surface area contributed by atoms with Crippen molar-refractivity contribution in [3.05, 3.63) is 77.7 Å². The summed E-state index contributed by atoms with van der Waals surface area (Å²) in [5.41, 5.74) is 3.79. The minimum Gasteiger partial charge on any atom is -0.393 e. The zero-order valence-corrected chi connectivity index (χ0v) is 15.6. The molecule has 3 heterocycles. The average molecular weight is 389 g/mol. The van der Waals surface area contributed by atoms with Gasteiger partial charge in [0.05, 0.1) is 18.0 Å². The van der Waals surface area contributed by atoms with Crippen LogP contribution < -0.4 is 5.32 Å². The normalized spacial score (nSPS) is 12.1. The molecule has 0 bridgehead atoms. The van der Waals surface area contributed by atoms with Gasteiger partial charge in [-0.05, 0) is 13.0 Å². The second-order valence-corrected chi connectivity index (χ2v) is 6.58. The number of rotatable bonds is 5. The Morgan fingerprint density at radius 1 is 1.17 bits per heavy atom. The highest BCUT2D eigenvalue weighted by Crippen LogP contribution is 2.23. The van der Waals surface area contributed by atoms with Crippen LogP contribution >= 0.6 is 0 Å². The van der Waals surface area contributed by atoms with E-state index in [0.29, 0.717) is 17.0 Å². The van der Waals surface area contributed by atoms with Crippen molar-refractivity contribution in [2.75, 3.05) is 11.9 Å². The Kier molecular flexibility index (Phi) is 5.03. The number of nitrogens with one attached hydrogen (secondary N) is 1. The number of carbonyl (C=O) groups is 1. The lowest BCUT2D eigenvalue weighted by Gasteiger charge is -2.10. The summed E-state index contributed by atoms with van der Waals surface area (Å²) in [5, 5.41) is 25.9. The number of aryl methyl sites for hydroxylation is 1. The predicted molar refractivity (Wildman–Crippen MR) is 107 cm³/mol. The molecule has 8 heteroatoms. The molecule has 3 aromatic heterocycles. The summed E-state index contributed by atoms with van der Waals surface area (Å²) in [5.74, 6) is -0.0512. The number of pyridine rings is 1. The third-order valence-corrected chi connectivity index (χ3v) is 4.44. The number of hydrogen-bond donors (Lipinski definition) is 3. The lowest BCUT2D eigenvalue weighted by atomic mass is 10.1. The van der Waals surface area contributed by atoms with Gasteiger partial charge < -0.3 is 15.5 Å². The fourth-order valence-electron chi connectivity index (χ4n) is 2.99. The molecule has 0 fully saturated rings. The van der Waals surface area contributed by atoms with Crippen LogP contribution in [0.25, 0.3) is 16.9 Å². The maximum Gasteiger partial charge on any atom is 0.275 e. The molecule has 1 aromatic carbocycles. The van der Waals surface area contributed by atoms with E-state index >= 15 is 0 Å². The molecule has 4 aromatic rings. The first-order chi connectivity index (χ1) is 14.0. The van der Waals surface area contributed by atoms with E-state index in [0.717, 1.165) is 17.0 Å². The summed E-state index contributed by atoms with van der Waals surface area (Å²) in [7, 11) is 0. The molecular formula is C21H19N5O3. The third kappa shape index (κ3) is 3.84. The first-order valence-corrected chi connectivity index (χ1v) is 9.04. The molecule has 0 radical (unpaired) electrons. The van der Waals surface area contributed by atoms with Crippen LogP contribution in [0, 0.1) is 6.92 Å². The number of fused-ring (bicyclic) bond motifs is 1. The Hall–Kier alpha value is -3.62. The summed E-state index contributed by atoms with van der Waals surface area (Å²) in [6.45, 7) is 1.47. The third-order valence-electron chi connectivity index (χ3n) is 4.44. The van der Waals surface area contributed by atoms with Crippen molar-refractivity contribution in [1.82, 2.24) is 19.6 Å². The fourth-order valence-corrected chi connectivity index (χ4v) is 2.99. The molecule has 29 heavy (non-hydrogen) atoms. The molecule has 1 amide bonds. The molecule has 0 saturated carbocycles. The van der Waals surface area contributed by atoms with Gasteiger partial charge in [0.2, 0.25) is 0 Å². The van der Waals surface area contributed by atoms with Crippen LogP contribution in [0.4, 0.5) is 5.82 Å². The largest absolute Gasteiger partial charge is 0.393 e. The van der Waals surface area contributed by atoms with Crippen molar-refractivity contribution in [3.63, 3.8) is 0 Å². The van der Waals surface area contributed by atoms with Gasteiger partial charge in [0.15, 0.2) is 5.65 Å². The first kappa shape index (κ1) is 18.7. The van der Waals surface area contributed by atoms with Gasteiger partial charge in [0, 0.05) is 29.5 Å². The Morgan fingerprint density at radius 2 is 1.97 bits per heavy atom. The Morgan fingerprint density at radius 3 is 2.66 bits per heavy atom. The summed E-state index contributed by atoms with van der Waals surface area (Å²) in [6.07, 6.45) is 0.338. The van der Waals surface area contributed by atoms with Crippen molar-refractivity contribution in [2.45, 2.75) is 13.0 Å². The zero-order valence-electron chi connectivity index (χ0n) is 15.6. The molecule has 0 aliphatic rings. The summed E-state index contributed by atoms with van der Waals surface area (Å²) in [6, 6.07) is 16.4. The summed E-state index contributed by atoms with van der Waals surface area (Å²) >= 11 is 0. The van der Waals surface area contributed by atoms with E-state index in [1.807, 2.05) is 43.3 Å². The molecular weight excluding hydrogens is 370 g/mol. The number of aliphatic hydroxyl groups is 2. The Labute approximate surface area is 166 Å². The molecule has 0 aliphatic carbocycles. The van der Waals surface area contributed by atoms with Crippen LogP contribution in [0.5, 0.6) is 0 Å². The molecule has 0 saturated heterocycles. The molecule has 146 valence electrons. The molecule has 0 spiro atoms. The Balaban J connectivity index is 1.66. The number of nitrogens with zero attached hydrogens (tertiary/aromatic N) is 4. The summed E-state index contributed by atoms with van der Waals surface area (Å²) < 4.78 is 1.74. The van der Waals surface area contributed by atoms with Gasteiger partial charge in [-0.3, -0.25) is 9.78 Å². The van der Waals surface area contributed by atoms with E-state index in [1.54, 1.807) is 16.6 Å². The van der Waals surface area contributed by atoms with Crippen molar-refractivity contribution in [1.29, 1.82) is 0 Å². The predicted octanol–water partition coefficient (Wildman–Crippen LogP) is 2.38. The van der Waals surface area contributed by atoms with E-state index in [9.17, 15) is 9.90 Å². The maximum absolute atomic E-state index is 12.6. The maximum atomic E-state index is 12.6. The lowest BCUT2D eigenvalue weighted by molar-refractivity contribution is 0.0950. The van der Waals surface area contributed by atoms with Crippen molar-refractivity contribution in [2.24, 2.45) is 0 Å². The van der Waals surface area contributed by atoms with Crippen LogP contribution in [0.3, 0.4) is 0 Å². The Bertz CT molecular complexity index is 1160. The monoisotopic (exact) mass is 389 g/mol. The van der Waals surface area contributed by atoms with Crippen LogP contribution in [0.2, 0.25) is 0 Å². The number of amides is 1. The lowest BCUT2D eigenvalue weighted by Crippen LogP contribution is -2.16. The van der Waals surface area contributed by atoms with Crippen LogP contribution in [0.1, 0.15) is 27.8 Å². The van der Waals surface area contributed by atoms with Gasteiger partial charge in [-0.2, -0.15) is 5.10 Å². The molecule has 0 aliphatic heterocycles. The van der Waals surface area contributed by atoms with E-state index in [-0.39, 0.29) is 5.69 Å². The molecule has 1 atom stereocenters. The number of aliphatic hydroxyl groups excluding tert-OH is 2. The topological polar surface area (TPSA) is 113 Å². The average Bonchev–Trinajstić information content (AvgIpc) is 3.13. The van der Waals surface area contributed by atoms with E-state index < -0.39 is 18.6 Å². The second kappa shape index (κ2) is 7.78.